The van der Waals surface area contributed by atoms with Crippen LogP contribution >= 0.6 is 0 Å². The van der Waals surface area contributed by atoms with E-state index in [9.17, 15) is 4.79 Å². The molecule has 2 aromatic rings. The number of nitrogens with two attached hydrogens (primary N) is 1. The largest absolute Gasteiger partial charge is 0.369 e. The van der Waals surface area contributed by atoms with Crippen molar-refractivity contribution in [3.63, 3.8) is 0 Å². The minimum atomic E-state index is 0.131. The number of hydrogen-bond donors (Lipinski definition) is 1. The summed E-state index contributed by atoms with van der Waals surface area (Å²) in [6, 6.07) is 4.09. The zero-order valence-electron chi connectivity index (χ0n) is 12.0. The maximum atomic E-state index is 12.3. The van der Waals surface area contributed by atoms with Crippen LogP contribution < -0.4 is 5.73 Å². The molecule has 0 atom stereocenters. The van der Waals surface area contributed by atoms with Gasteiger partial charge in [0.2, 0.25) is 11.9 Å². The number of hydrogen-bond acceptors (Lipinski definition) is 3. The number of anilines is 1. The standard InChI is InChI=1S/C15H20N4O/c1-10-7-12-13(8-11(10)2)19(15(16)17-12)9-14(20)18-5-3-4-6-18/h7-8H,3-6,9H2,1-2H3,(H2,16,17). The monoisotopic (exact) mass is 272 g/mol. The van der Waals surface area contributed by atoms with Gasteiger partial charge in [-0.3, -0.25) is 4.79 Å². The van der Waals surface area contributed by atoms with Crippen LogP contribution in [0.1, 0.15) is 24.0 Å². The van der Waals surface area contributed by atoms with Gasteiger partial charge in [0.1, 0.15) is 6.54 Å². The molecule has 106 valence electrons. The van der Waals surface area contributed by atoms with Gasteiger partial charge < -0.3 is 15.2 Å². The van der Waals surface area contributed by atoms with E-state index in [2.05, 4.69) is 24.9 Å². The van der Waals surface area contributed by atoms with Crippen molar-refractivity contribution in [1.82, 2.24) is 14.5 Å². The highest BCUT2D eigenvalue weighted by atomic mass is 16.2. The molecule has 0 radical (unpaired) electrons. The number of carbonyl (C=O) groups excluding carboxylic acids is 1. The molecule has 2 N–H and O–H groups in total. The third-order valence-electron chi connectivity index (χ3n) is 4.15. The molecular formula is C15H20N4O. The first-order chi connectivity index (χ1) is 9.56. The third-order valence-corrected chi connectivity index (χ3v) is 4.15. The van der Waals surface area contributed by atoms with Gasteiger partial charge in [0.25, 0.3) is 0 Å². The molecule has 5 heteroatoms. The van der Waals surface area contributed by atoms with Gasteiger partial charge in [-0.05, 0) is 49.9 Å². The number of imidazole rings is 1. The number of benzene rings is 1. The number of nitrogen functional groups attached to an aromatic ring is 1. The van der Waals surface area contributed by atoms with E-state index >= 15 is 0 Å². The maximum absolute atomic E-state index is 12.3. The van der Waals surface area contributed by atoms with Crippen molar-refractivity contribution in [3.8, 4) is 0 Å². The molecule has 1 amide bonds. The molecule has 5 nitrogen and oxygen atoms in total. The molecule has 0 aliphatic carbocycles. The first kappa shape index (κ1) is 13.0. The Morgan fingerprint density at radius 3 is 2.60 bits per heavy atom. The molecule has 0 unspecified atom stereocenters. The molecule has 0 bridgehead atoms. The minimum absolute atomic E-state index is 0.131. The number of aryl methyl sites for hydroxylation is 2. The molecule has 2 heterocycles. The summed E-state index contributed by atoms with van der Waals surface area (Å²) in [4.78, 5) is 18.6. The Morgan fingerprint density at radius 2 is 1.90 bits per heavy atom. The van der Waals surface area contributed by atoms with Crippen molar-refractivity contribution in [2.75, 3.05) is 18.8 Å². The van der Waals surface area contributed by atoms with E-state index in [0.717, 1.165) is 37.0 Å². The second kappa shape index (κ2) is 4.81. The van der Waals surface area contributed by atoms with Gasteiger partial charge in [0, 0.05) is 13.1 Å². The Kier molecular flexibility index (Phi) is 3.12. The zero-order valence-corrected chi connectivity index (χ0v) is 12.0. The highest BCUT2D eigenvalue weighted by molar-refractivity contribution is 5.84. The number of fused-ring (bicyclic) bond motifs is 1. The lowest BCUT2D eigenvalue weighted by Gasteiger charge is -2.16. The van der Waals surface area contributed by atoms with Gasteiger partial charge in [-0.2, -0.15) is 0 Å². The number of aromatic nitrogens is 2. The molecule has 1 fully saturated rings. The van der Waals surface area contributed by atoms with Crippen LogP contribution in [0, 0.1) is 13.8 Å². The van der Waals surface area contributed by atoms with Crippen LogP contribution in [-0.4, -0.2) is 33.4 Å². The molecule has 0 saturated carbocycles. The van der Waals surface area contributed by atoms with Gasteiger partial charge in [0.15, 0.2) is 0 Å². The van der Waals surface area contributed by atoms with Crippen LogP contribution in [0.25, 0.3) is 11.0 Å². The summed E-state index contributed by atoms with van der Waals surface area (Å²) in [5.41, 5.74) is 10.2. The number of carbonyl (C=O) groups is 1. The highest BCUT2D eigenvalue weighted by Gasteiger charge is 2.20. The first-order valence-electron chi connectivity index (χ1n) is 7.07. The molecule has 3 rings (SSSR count). The molecule has 1 aromatic carbocycles. The molecule has 0 spiro atoms. The van der Waals surface area contributed by atoms with Crippen LogP contribution in [0.5, 0.6) is 0 Å². The van der Waals surface area contributed by atoms with Crippen molar-refractivity contribution in [2.45, 2.75) is 33.2 Å². The van der Waals surface area contributed by atoms with Gasteiger partial charge in [-0.15, -0.1) is 0 Å². The Bertz CT molecular complexity index is 668. The normalized spacial score (nSPS) is 15.2. The fourth-order valence-corrected chi connectivity index (χ4v) is 2.77. The smallest absolute Gasteiger partial charge is 0.242 e. The van der Waals surface area contributed by atoms with E-state index in [1.807, 2.05) is 15.5 Å². The molecule has 1 saturated heterocycles. The number of likely N-dealkylation sites (tertiary alicyclic amines) is 1. The first-order valence-corrected chi connectivity index (χ1v) is 7.07. The maximum Gasteiger partial charge on any atom is 0.242 e. The number of nitrogens with zero attached hydrogens (tertiary/aromatic N) is 3. The van der Waals surface area contributed by atoms with Crippen LogP contribution in [0.4, 0.5) is 5.95 Å². The van der Waals surface area contributed by atoms with Crippen LogP contribution in [-0.2, 0) is 11.3 Å². The average Bonchev–Trinajstić information content (AvgIpc) is 3.01. The van der Waals surface area contributed by atoms with E-state index < -0.39 is 0 Å². The van der Waals surface area contributed by atoms with E-state index in [0.29, 0.717) is 5.95 Å². The van der Waals surface area contributed by atoms with Gasteiger partial charge in [-0.1, -0.05) is 0 Å². The van der Waals surface area contributed by atoms with Crippen molar-refractivity contribution >= 4 is 22.9 Å². The molecule has 20 heavy (non-hydrogen) atoms. The molecule has 1 aliphatic heterocycles. The fraction of sp³-hybridized carbons (Fsp3) is 0.467. The Morgan fingerprint density at radius 1 is 1.25 bits per heavy atom. The van der Waals surface area contributed by atoms with Crippen molar-refractivity contribution < 1.29 is 4.79 Å². The summed E-state index contributed by atoms with van der Waals surface area (Å²) in [5.74, 6) is 0.546. The van der Waals surface area contributed by atoms with Gasteiger partial charge >= 0.3 is 0 Å². The lowest BCUT2D eigenvalue weighted by atomic mass is 10.1. The van der Waals surface area contributed by atoms with Gasteiger partial charge in [-0.25, -0.2) is 4.98 Å². The summed E-state index contributed by atoms with van der Waals surface area (Å²) in [7, 11) is 0. The van der Waals surface area contributed by atoms with Crippen molar-refractivity contribution in [3.05, 3.63) is 23.3 Å². The molecule has 1 aliphatic rings. The van der Waals surface area contributed by atoms with E-state index in [4.69, 9.17) is 5.73 Å². The summed E-state index contributed by atoms with van der Waals surface area (Å²) in [6.07, 6.45) is 2.20. The topological polar surface area (TPSA) is 64.1 Å². The number of amides is 1. The third kappa shape index (κ3) is 2.13. The lowest BCUT2D eigenvalue weighted by molar-refractivity contribution is -0.130. The van der Waals surface area contributed by atoms with E-state index in [1.165, 1.54) is 11.1 Å². The Labute approximate surface area is 118 Å². The quantitative estimate of drug-likeness (QED) is 0.907. The van der Waals surface area contributed by atoms with E-state index in [1.54, 1.807) is 0 Å². The highest BCUT2D eigenvalue weighted by Crippen LogP contribution is 2.22. The number of rotatable bonds is 2. The zero-order chi connectivity index (χ0) is 14.3. The van der Waals surface area contributed by atoms with Crippen molar-refractivity contribution in [1.29, 1.82) is 0 Å². The predicted molar refractivity (Wildman–Crippen MR) is 79.4 cm³/mol. The lowest BCUT2D eigenvalue weighted by Crippen LogP contribution is -2.31. The van der Waals surface area contributed by atoms with Gasteiger partial charge in [0.05, 0.1) is 11.0 Å². The summed E-state index contributed by atoms with van der Waals surface area (Å²) >= 11 is 0. The van der Waals surface area contributed by atoms with Crippen LogP contribution in [0.2, 0.25) is 0 Å². The Hall–Kier alpha value is -2.04. The minimum Gasteiger partial charge on any atom is -0.369 e. The second-order valence-corrected chi connectivity index (χ2v) is 5.57. The predicted octanol–water partition coefficient (Wildman–Crippen LogP) is 1.86. The van der Waals surface area contributed by atoms with Crippen molar-refractivity contribution in [2.24, 2.45) is 0 Å². The van der Waals surface area contributed by atoms with Crippen LogP contribution in [0.3, 0.4) is 0 Å². The molecular weight excluding hydrogens is 252 g/mol. The summed E-state index contributed by atoms with van der Waals surface area (Å²) < 4.78 is 1.82. The summed E-state index contributed by atoms with van der Waals surface area (Å²) in [6.45, 7) is 6.13. The van der Waals surface area contributed by atoms with Crippen LogP contribution in [0.15, 0.2) is 12.1 Å². The SMILES string of the molecule is Cc1cc2nc(N)n(CC(=O)N3CCCC3)c2cc1C. The fourth-order valence-electron chi connectivity index (χ4n) is 2.77. The average molecular weight is 272 g/mol. The molecule has 1 aromatic heterocycles. The Balaban J connectivity index is 1.96. The van der Waals surface area contributed by atoms with E-state index in [-0.39, 0.29) is 12.5 Å². The summed E-state index contributed by atoms with van der Waals surface area (Å²) in [5, 5.41) is 0. The second-order valence-electron chi connectivity index (χ2n) is 5.57.